The Labute approximate surface area is 509 Å². The Hall–Kier alpha value is -3.28. The first kappa shape index (κ1) is 69.1. The standard InChI is InChI=1S/C60H92O28/c1-10-24(2)50(78)88-47-48(80-25(3)65)60(23-64)27(17-55(47,4)5)26-11-12-32-56(6)15-14-34(57(7,22-63)31(56)13-16-58(32,8)59(26,9)18-33(60)67)83-54-46(87-52-41(74)39(72)37(70)30(20-62)82-52)43(42(75)44(85-54)49(76)77)84-53-45(35(68)28(66)21-79-53)86-51-40(73)38(71)36(69)29(19-61)81-51/h10-11,22,27-48,51-54,61-62,64,66-75H,12-21,23H2,1-9H3,(H,76,77)/t27-,28-,29+,30+,31+,32+,33+,34-,35-,36+,37-,38-,39-,40+,41+,42-,43-,44-,45+,46+,47-,48-,51-,52-,53-,54+,56-,57-,58+,59+,60-/m0/s1. The lowest BCUT2D eigenvalue weighted by Crippen LogP contribution is -2.72. The first-order valence-corrected chi connectivity index (χ1v) is 30.5. The van der Waals surface area contributed by atoms with Gasteiger partial charge in [-0.2, -0.15) is 0 Å². The van der Waals surface area contributed by atoms with E-state index in [9.17, 15) is 90.7 Å². The van der Waals surface area contributed by atoms with Gasteiger partial charge in [-0.05, 0) is 92.8 Å². The van der Waals surface area contributed by atoms with Crippen LogP contribution in [0.4, 0.5) is 0 Å². The molecule has 0 bridgehead atoms. The molecule has 4 aliphatic heterocycles. The van der Waals surface area contributed by atoms with Crippen LogP contribution in [0.25, 0.3) is 0 Å². The van der Waals surface area contributed by atoms with Gasteiger partial charge in [0.15, 0.2) is 31.3 Å². The second-order valence-corrected chi connectivity index (χ2v) is 27.7. The van der Waals surface area contributed by atoms with Crippen LogP contribution < -0.4 is 0 Å². The molecule has 0 unspecified atom stereocenters. The number of fused-ring (bicyclic) bond motifs is 7. The van der Waals surface area contributed by atoms with Crippen molar-refractivity contribution in [3.05, 3.63) is 23.3 Å². The van der Waals surface area contributed by atoms with Gasteiger partial charge in [-0.15, -0.1) is 0 Å². The predicted molar refractivity (Wildman–Crippen MR) is 295 cm³/mol. The zero-order valence-electron chi connectivity index (χ0n) is 51.0. The number of allylic oxidation sites excluding steroid dienone is 3. The van der Waals surface area contributed by atoms with Gasteiger partial charge < -0.3 is 124 Å². The van der Waals surface area contributed by atoms with E-state index in [2.05, 4.69) is 26.8 Å². The first-order chi connectivity index (χ1) is 41.2. The summed E-state index contributed by atoms with van der Waals surface area (Å²) in [5.74, 6) is -4.31. The Morgan fingerprint density at radius 2 is 1.24 bits per heavy atom. The fourth-order valence-corrected chi connectivity index (χ4v) is 17.3. The van der Waals surface area contributed by atoms with Crippen LogP contribution in [0.3, 0.4) is 0 Å². The highest BCUT2D eigenvalue weighted by Gasteiger charge is 2.74. The Bertz CT molecular complexity index is 2600. The molecule has 14 N–H and O–H groups in total. The molecule has 4 heterocycles. The third-order valence-corrected chi connectivity index (χ3v) is 22.6. The minimum atomic E-state index is -2.32. The van der Waals surface area contributed by atoms with Crippen molar-refractivity contribution in [1.82, 2.24) is 0 Å². The van der Waals surface area contributed by atoms with Crippen molar-refractivity contribution in [3.63, 3.8) is 0 Å². The molecular formula is C60H92O28. The Morgan fingerprint density at radius 3 is 1.78 bits per heavy atom. The van der Waals surface area contributed by atoms with Gasteiger partial charge in [0.1, 0.15) is 104 Å². The fourth-order valence-electron chi connectivity index (χ4n) is 17.3. The maximum Gasteiger partial charge on any atom is 0.335 e. The third-order valence-electron chi connectivity index (χ3n) is 22.6. The normalized spacial score (nSPS) is 51.1. The van der Waals surface area contributed by atoms with Crippen molar-refractivity contribution in [2.75, 3.05) is 26.4 Å². The van der Waals surface area contributed by atoms with Crippen molar-refractivity contribution in [2.45, 2.75) is 248 Å². The Morgan fingerprint density at radius 1 is 0.648 bits per heavy atom. The molecule has 0 amide bonds. The highest BCUT2D eigenvalue weighted by Crippen LogP contribution is 2.76. The minimum Gasteiger partial charge on any atom is -0.479 e. The van der Waals surface area contributed by atoms with Crippen LogP contribution in [0, 0.1) is 50.2 Å². The van der Waals surface area contributed by atoms with Gasteiger partial charge >= 0.3 is 17.9 Å². The number of carboxylic acids is 1. The molecule has 4 saturated heterocycles. The molecule has 88 heavy (non-hydrogen) atoms. The van der Waals surface area contributed by atoms with E-state index in [4.69, 9.17) is 47.4 Å². The number of hydrogen-bond acceptors (Lipinski definition) is 27. The van der Waals surface area contributed by atoms with E-state index in [0.717, 1.165) is 11.9 Å². The van der Waals surface area contributed by atoms with Gasteiger partial charge in [-0.3, -0.25) is 4.79 Å². The Balaban J connectivity index is 1.05. The number of rotatable bonds is 16. The van der Waals surface area contributed by atoms with E-state index in [-0.39, 0.29) is 18.8 Å². The quantitative estimate of drug-likeness (QED) is 0.0247. The predicted octanol–water partition coefficient (Wildman–Crippen LogP) is -2.65. The van der Waals surface area contributed by atoms with Gasteiger partial charge in [0.05, 0.1) is 49.5 Å². The first-order valence-electron chi connectivity index (χ1n) is 30.5. The number of carbonyl (C=O) groups is 4. The molecule has 0 aromatic heterocycles. The van der Waals surface area contributed by atoms with Crippen molar-refractivity contribution in [1.29, 1.82) is 0 Å². The molecule has 4 saturated carbocycles. The summed E-state index contributed by atoms with van der Waals surface area (Å²) in [5, 5.41) is 154. The number of hydrogen-bond donors (Lipinski definition) is 14. The van der Waals surface area contributed by atoms with Crippen LogP contribution in [0.1, 0.15) is 107 Å². The maximum atomic E-state index is 14.2. The molecule has 8 fully saturated rings. The SMILES string of the molecule is CC=C(C)C(=O)O[C@H]1[C@H](OC(C)=O)[C@]2(CO)[C@H](O)C[C@]3(C)C(=CC[C@@H]4[C@@]5(C)CC[C@H](O[C@@H]6O[C@H](C(=O)O)[C@@H](O)[C@H](O[C@@H]7OC[C@H](O)[C@H](O)[C@H]7O[C@@H]7O[C@H](CO)[C@@H](O)[C@H](O)[C@H]7O)[C@H]6O[C@@H]6O[C@H](CO)[C@H](O)[C@H](O)[C@H]6O)[C@@](C)(C=O)[C@@H]5CC[C@]43C)[C@@H]2CC1(C)C. The van der Waals surface area contributed by atoms with E-state index >= 15 is 0 Å². The number of carboxylic acid groups (broad SMARTS) is 1. The van der Waals surface area contributed by atoms with Crippen LogP contribution >= 0.6 is 0 Å². The van der Waals surface area contributed by atoms with Crippen molar-refractivity contribution in [2.24, 2.45) is 50.2 Å². The summed E-state index contributed by atoms with van der Waals surface area (Å²) >= 11 is 0. The topological polar surface area (TPSA) is 444 Å². The smallest absolute Gasteiger partial charge is 0.335 e. The van der Waals surface area contributed by atoms with Crippen molar-refractivity contribution < 1.29 is 138 Å². The van der Waals surface area contributed by atoms with Gasteiger partial charge in [0, 0.05) is 17.9 Å². The minimum absolute atomic E-state index is 0.0926. The van der Waals surface area contributed by atoms with E-state index in [1.54, 1.807) is 26.8 Å². The van der Waals surface area contributed by atoms with Gasteiger partial charge in [0.25, 0.3) is 0 Å². The molecule has 9 aliphatic rings. The third kappa shape index (κ3) is 11.2. The number of carbonyl (C=O) groups excluding carboxylic acids is 3. The van der Waals surface area contributed by atoms with Gasteiger partial charge in [-0.1, -0.05) is 59.3 Å². The summed E-state index contributed by atoms with van der Waals surface area (Å²) in [7, 11) is 0. The van der Waals surface area contributed by atoms with E-state index in [1.807, 2.05) is 13.8 Å². The number of aliphatic carboxylic acids is 1. The van der Waals surface area contributed by atoms with Crippen LogP contribution in [-0.4, -0.2) is 263 Å². The van der Waals surface area contributed by atoms with Crippen molar-refractivity contribution in [3.8, 4) is 0 Å². The van der Waals surface area contributed by atoms with Gasteiger partial charge in [0.2, 0.25) is 0 Å². The second-order valence-electron chi connectivity index (χ2n) is 27.7. The van der Waals surface area contributed by atoms with Crippen molar-refractivity contribution >= 4 is 24.2 Å². The lowest BCUT2D eigenvalue weighted by molar-refractivity contribution is -0.400. The summed E-state index contributed by atoms with van der Waals surface area (Å²) in [6.07, 6.45) is -35.5. The molecular weight excluding hydrogens is 1170 g/mol. The molecule has 5 aliphatic carbocycles. The average molecular weight is 1260 g/mol. The number of aliphatic hydroxyl groups excluding tert-OH is 13. The van der Waals surface area contributed by atoms with Crippen LogP contribution in [0.2, 0.25) is 0 Å². The average Bonchev–Trinajstić information content (AvgIpc) is 0.673. The van der Waals surface area contributed by atoms with E-state index in [1.165, 1.54) is 6.92 Å². The zero-order chi connectivity index (χ0) is 64.9. The van der Waals surface area contributed by atoms with Crippen LogP contribution in [0.15, 0.2) is 23.3 Å². The van der Waals surface area contributed by atoms with Crippen LogP contribution in [0.5, 0.6) is 0 Å². The molecule has 31 atom stereocenters. The number of aldehydes is 1. The molecule has 0 aromatic carbocycles. The maximum absolute atomic E-state index is 14.2. The molecule has 9 rings (SSSR count). The molecule has 0 aromatic rings. The van der Waals surface area contributed by atoms with Gasteiger partial charge in [-0.25, -0.2) is 9.59 Å². The zero-order valence-corrected chi connectivity index (χ0v) is 51.0. The highest BCUT2D eigenvalue weighted by atomic mass is 16.8. The largest absolute Gasteiger partial charge is 0.479 e. The van der Waals surface area contributed by atoms with E-state index < -0.39 is 230 Å². The molecule has 0 spiro atoms. The number of aliphatic hydroxyl groups is 13. The Kier molecular flexibility index (Phi) is 20.1. The summed E-state index contributed by atoms with van der Waals surface area (Å²) in [5.41, 5.74) is -4.52. The summed E-state index contributed by atoms with van der Waals surface area (Å²) in [6, 6.07) is 0. The summed E-state index contributed by atoms with van der Waals surface area (Å²) < 4.78 is 60.6. The molecule has 28 nitrogen and oxygen atoms in total. The molecule has 0 radical (unpaired) electrons. The second kappa shape index (κ2) is 25.6. The molecule has 28 heteroatoms. The lowest BCUT2D eigenvalue weighted by atomic mass is 9.33. The van der Waals surface area contributed by atoms with E-state index in [0.29, 0.717) is 37.7 Å². The number of esters is 2. The van der Waals surface area contributed by atoms with Crippen LogP contribution in [-0.2, 0) is 66.5 Å². The highest BCUT2D eigenvalue weighted by molar-refractivity contribution is 5.87. The molecule has 500 valence electrons. The monoisotopic (exact) mass is 1260 g/mol. The summed E-state index contributed by atoms with van der Waals surface area (Å²) in [6.45, 7) is 13.4. The number of ether oxygens (including phenoxy) is 10. The summed E-state index contributed by atoms with van der Waals surface area (Å²) in [4.78, 5) is 53.9. The lowest BCUT2D eigenvalue weighted by Gasteiger charge is -2.72. The fraction of sp³-hybridized carbons (Fsp3) is 0.867.